The Labute approximate surface area is 98.5 Å². The van der Waals surface area contributed by atoms with E-state index in [-0.39, 0.29) is 5.82 Å². The zero-order chi connectivity index (χ0) is 11.7. The number of halogens is 1. The van der Waals surface area contributed by atoms with E-state index in [1.807, 2.05) is 24.7 Å². The van der Waals surface area contributed by atoms with E-state index in [4.69, 9.17) is 12.2 Å². The molecule has 0 saturated carbocycles. The van der Waals surface area contributed by atoms with Crippen LogP contribution < -0.4 is 0 Å². The molecule has 2 rings (SSSR count). The third kappa shape index (κ3) is 2.01. The van der Waals surface area contributed by atoms with Gasteiger partial charge >= 0.3 is 0 Å². The van der Waals surface area contributed by atoms with Crippen molar-refractivity contribution in [1.82, 2.24) is 14.5 Å². The maximum Gasteiger partial charge on any atom is 0.178 e. The molecule has 0 aliphatic heterocycles. The Morgan fingerprint density at radius 3 is 2.88 bits per heavy atom. The van der Waals surface area contributed by atoms with E-state index < -0.39 is 0 Å². The number of imidazole rings is 1. The molecule has 1 N–H and O–H groups in total. The number of H-pyrrole nitrogens is 1. The van der Waals surface area contributed by atoms with Crippen LogP contribution >= 0.6 is 12.2 Å². The minimum atomic E-state index is -0.257. The minimum absolute atomic E-state index is 0.257. The van der Waals surface area contributed by atoms with E-state index in [1.54, 1.807) is 6.07 Å². The summed E-state index contributed by atoms with van der Waals surface area (Å²) in [5, 5.41) is 0. The summed E-state index contributed by atoms with van der Waals surface area (Å²) >= 11 is 5.19. The van der Waals surface area contributed by atoms with Gasteiger partial charge in [-0.1, -0.05) is 6.07 Å². The van der Waals surface area contributed by atoms with Gasteiger partial charge in [0, 0.05) is 13.1 Å². The van der Waals surface area contributed by atoms with Crippen molar-refractivity contribution in [2.45, 2.75) is 6.54 Å². The number of hydrogen-bond donors (Lipinski definition) is 1. The standard InChI is InChI=1S/C11H14FN3S/c1-14(2)6-7-15-9-5-3-4-8(12)10(9)13-11(15)16/h3-5H,6-7H2,1-2H3,(H,13,16). The van der Waals surface area contributed by atoms with Crippen LogP contribution in [0.1, 0.15) is 0 Å². The highest BCUT2D eigenvalue weighted by atomic mass is 32.1. The van der Waals surface area contributed by atoms with E-state index >= 15 is 0 Å². The van der Waals surface area contributed by atoms with Gasteiger partial charge in [-0.05, 0) is 38.4 Å². The lowest BCUT2D eigenvalue weighted by Gasteiger charge is -2.10. The molecular weight excluding hydrogens is 225 g/mol. The number of aromatic amines is 1. The third-order valence-corrected chi connectivity index (χ3v) is 2.85. The fourth-order valence-electron chi connectivity index (χ4n) is 1.67. The van der Waals surface area contributed by atoms with Crippen molar-refractivity contribution in [3.05, 3.63) is 28.8 Å². The zero-order valence-electron chi connectivity index (χ0n) is 9.33. The Balaban J connectivity index is 2.48. The second-order valence-corrected chi connectivity index (χ2v) is 4.41. The van der Waals surface area contributed by atoms with Crippen molar-refractivity contribution in [3.63, 3.8) is 0 Å². The predicted molar refractivity (Wildman–Crippen MR) is 65.6 cm³/mol. The van der Waals surface area contributed by atoms with Crippen LogP contribution in [0.15, 0.2) is 18.2 Å². The predicted octanol–water partition coefficient (Wildman–Crippen LogP) is 2.40. The fourth-order valence-corrected chi connectivity index (χ4v) is 1.96. The van der Waals surface area contributed by atoms with Gasteiger partial charge in [0.25, 0.3) is 0 Å². The SMILES string of the molecule is CN(C)CCn1c(=S)[nH]c2c(F)cccc21. The normalized spacial score (nSPS) is 11.5. The van der Waals surface area contributed by atoms with E-state index in [9.17, 15) is 4.39 Å². The van der Waals surface area contributed by atoms with Crippen LogP contribution in [0.4, 0.5) is 4.39 Å². The first-order valence-corrected chi connectivity index (χ1v) is 5.52. The lowest BCUT2D eigenvalue weighted by molar-refractivity contribution is 0.385. The first kappa shape index (κ1) is 11.3. The Morgan fingerprint density at radius 1 is 1.44 bits per heavy atom. The molecule has 3 nitrogen and oxygen atoms in total. The van der Waals surface area contributed by atoms with Crippen molar-refractivity contribution in [3.8, 4) is 0 Å². The summed E-state index contributed by atoms with van der Waals surface area (Å²) in [7, 11) is 4.00. The van der Waals surface area contributed by atoms with Crippen LogP contribution in [-0.4, -0.2) is 35.1 Å². The fraction of sp³-hybridized carbons (Fsp3) is 0.364. The van der Waals surface area contributed by atoms with Gasteiger partial charge in [0.1, 0.15) is 11.3 Å². The largest absolute Gasteiger partial charge is 0.328 e. The van der Waals surface area contributed by atoms with Gasteiger partial charge in [-0.15, -0.1) is 0 Å². The van der Waals surface area contributed by atoms with Crippen LogP contribution in [0.2, 0.25) is 0 Å². The Bertz CT molecular complexity index is 556. The molecule has 0 aliphatic rings. The number of para-hydroxylation sites is 1. The topological polar surface area (TPSA) is 24.0 Å². The third-order valence-electron chi connectivity index (χ3n) is 2.53. The summed E-state index contributed by atoms with van der Waals surface area (Å²) in [6, 6.07) is 5.01. The first-order valence-electron chi connectivity index (χ1n) is 5.11. The number of nitrogens with one attached hydrogen (secondary N) is 1. The molecule has 0 saturated heterocycles. The number of nitrogens with zero attached hydrogens (tertiary/aromatic N) is 2. The Hall–Kier alpha value is -1.20. The monoisotopic (exact) mass is 239 g/mol. The van der Waals surface area contributed by atoms with Gasteiger partial charge in [-0.25, -0.2) is 4.39 Å². The summed E-state index contributed by atoms with van der Waals surface area (Å²) in [6.45, 7) is 1.63. The molecule has 86 valence electrons. The molecule has 1 heterocycles. The highest BCUT2D eigenvalue weighted by Crippen LogP contribution is 2.17. The van der Waals surface area contributed by atoms with E-state index in [0.717, 1.165) is 18.6 Å². The molecule has 0 radical (unpaired) electrons. The van der Waals surface area contributed by atoms with Crippen LogP contribution in [-0.2, 0) is 6.54 Å². The number of hydrogen-bond acceptors (Lipinski definition) is 2. The van der Waals surface area contributed by atoms with Gasteiger partial charge in [0.2, 0.25) is 0 Å². The number of rotatable bonds is 3. The van der Waals surface area contributed by atoms with Crippen LogP contribution in [0.5, 0.6) is 0 Å². The van der Waals surface area contributed by atoms with Gasteiger partial charge in [0.15, 0.2) is 4.77 Å². The number of fused-ring (bicyclic) bond motifs is 1. The summed E-state index contributed by atoms with van der Waals surface area (Å²) < 4.78 is 16.0. The lowest BCUT2D eigenvalue weighted by atomic mass is 10.3. The summed E-state index contributed by atoms with van der Waals surface area (Å²) in [5.41, 5.74) is 1.32. The van der Waals surface area contributed by atoms with E-state index in [0.29, 0.717) is 10.3 Å². The number of likely N-dealkylation sites (N-methyl/N-ethyl adjacent to an activating group) is 1. The first-order chi connectivity index (χ1) is 7.59. The van der Waals surface area contributed by atoms with Gasteiger partial charge in [-0.2, -0.15) is 0 Å². The van der Waals surface area contributed by atoms with E-state index in [2.05, 4.69) is 9.88 Å². The summed E-state index contributed by atoms with van der Waals surface area (Å²) in [4.78, 5) is 4.97. The van der Waals surface area contributed by atoms with Gasteiger partial charge in [-0.3, -0.25) is 0 Å². The molecular formula is C11H14FN3S. The maximum absolute atomic E-state index is 13.5. The zero-order valence-corrected chi connectivity index (χ0v) is 10.1. The molecule has 2 aromatic rings. The average Bonchev–Trinajstić information content (AvgIpc) is 2.53. The molecule has 5 heteroatoms. The smallest absolute Gasteiger partial charge is 0.178 e. The van der Waals surface area contributed by atoms with Crippen molar-refractivity contribution >= 4 is 23.3 Å². The molecule has 0 unspecified atom stereocenters. The molecule has 1 aromatic heterocycles. The van der Waals surface area contributed by atoms with Crippen molar-refractivity contribution < 1.29 is 4.39 Å². The maximum atomic E-state index is 13.5. The highest BCUT2D eigenvalue weighted by molar-refractivity contribution is 7.71. The van der Waals surface area contributed by atoms with Gasteiger partial charge in [0.05, 0.1) is 5.52 Å². The quantitative estimate of drug-likeness (QED) is 0.832. The van der Waals surface area contributed by atoms with Crippen molar-refractivity contribution in [2.75, 3.05) is 20.6 Å². The Kier molecular flexibility index (Phi) is 3.07. The second kappa shape index (κ2) is 4.35. The average molecular weight is 239 g/mol. The molecule has 0 atom stereocenters. The van der Waals surface area contributed by atoms with Gasteiger partial charge < -0.3 is 14.5 Å². The van der Waals surface area contributed by atoms with Crippen LogP contribution in [0.3, 0.4) is 0 Å². The summed E-state index contributed by atoms with van der Waals surface area (Å²) in [6.07, 6.45) is 0. The molecule has 0 amide bonds. The number of aromatic nitrogens is 2. The van der Waals surface area contributed by atoms with E-state index in [1.165, 1.54) is 6.07 Å². The van der Waals surface area contributed by atoms with Crippen LogP contribution in [0.25, 0.3) is 11.0 Å². The van der Waals surface area contributed by atoms with Crippen molar-refractivity contribution in [1.29, 1.82) is 0 Å². The van der Waals surface area contributed by atoms with Crippen LogP contribution in [0, 0.1) is 10.6 Å². The van der Waals surface area contributed by atoms with Crippen molar-refractivity contribution in [2.24, 2.45) is 0 Å². The molecule has 1 aromatic carbocycles. The molecule has 0 aliphatic carbocycles. The molecule has 0 bridgehead atoms. The highest BCUT2D eigenvalue weighted by Gasteiger charge is 2.07. The molecule has 0 spiro atoms. The second-order valence-electron chi connectivity index (χ2n) is 4.02. The minimum Gasteiger partial charge on any atom is -0.328 e. The summed E-state index contributed by atoms with van der Waals surface area (Å²) in [5.74, 6) is -0.257. The molecule has 0 fully saturated rings. The lowest BCUT2D eigenvalue weighted by Crippen LogP contribution is -2.18. The number of benzene rings is 1. The molecule has 16 heavy (non-hydrogen) atoms. The Morgan fingerprint density at radius 2 is 2.19 bits per heavy atom.